The SMILES string of the molecule is Cc1ccc(-c2cc(N)c(=O)n(CC(C)C)n2)cc1. The first-order chi connectivity index (χ1) is 8.97. The minimum absolute atomic E-state index is 0.218. The van der Waals surface area contributed by atoms with Gasteiger partial charge in [0.2, 0.25) is 0 Å². The maximum atomic E-state index is 11.9. The number of rotatable bonds is 3. The van der Waals surface area contributed by atoms with Gasteiger partial charge in [0.1, 0.15) is 5.69 Å². The van der Waals surface area contributed by atoms with Gasteiger partial charge in [-0.05, 0) is 18.9 Å². The van der Waals surface area contributed by atoms with Crippen LogP contribution in [0.25, 0.3) is 11.3 Å². The molecule has 4 nitrogen and oxygen atoms in total. The monoisotopic (exact) mass is 257 g/mol. The summed E-state index contributed by atoms with van der Waals surface area (Å²) in [5.41, 5.74) is 8.70. The van der Waals surface area contributed by atoms with Crippen molar-refractivity contribution in [2.24, 2.45) is 5.92 Å². The smallest absolute Gasteiger partial charge is 0.289 e. The Bertz CT molecular complexity index is 627. The Hall–Kier alpha value is -2.10. The van der Waals surface area contributed by atoms with E-state index in [2.05, 4.69) is 5.10 Å². The molecular weight excluding hydrogens is 238 g/mol. The first-order valence-electron chi connectivity index (χ1n) is 6.42. The first-order valence-corrected chi connectivity index (χ1v) is 6.42. The molecule has 19 heavy (non-hydrogen) atoms. The van der Waals surface area contributed by atoms with E-state index in [0.717, 1.165) is 11.3 Å². The summed E-state index contributed by atoms with van der Waals surface area (Å²) in [4.78, 5) is 11.9. The predicted octanol–water partition coefficient (Wildman–Crippen LogP) is 2.46. The van der Waals surface area contributed by atoms with Crippen LogP contribution in [0.2, 0.25) is 0 Å². The van der Waals surface area contributed by atoms with Crippen molar-refractivity contribution in [2.75, 3.05) is 5.73 Å². The molecule has 2 aromatic rings. The maximum Gasteiger partial charge on any atom is 0.289 e. The Morgan fingerprint density at radius 3 is 2.47 bits per heavy atom. The van der Waals surface area contributed by atoms with Crippen molar-refractivity contribution in [3.63, 3.8) is 0 Å². The van der Waals surface area contributed by atoms with Crippen LogP contribution >= 0.6 is 0 Å². The highest BCUT2D eigenvalue weighted by molar-refractivity contribution is 5.62. The summed E-state index contributed by atoms with van der Waals surface area (Å²) >= 11 is 0. The summed E-state index contributed by atoms with van der Waals surface area (Å²) in [6.07, 6.45) is 0. The fourth-order valence-electron chi connectivity index (χ4n) is 1.90. The number of anilines is 1. The summed E-state index contributed by atoms with van der Waals surface area (Å²) in [6.45, 7) is 6.69. The molecule has 0 saturated carbocycles. The third-order valence-corrected chi connectivity index (χ3v) is 2.89. The second-order valence-electron chi connectivity index (χ2n) is 5.23. The molecule has 2 N–H and O–H groups in total. The van der Waals surface area contributed by atoms with Crippen molar-refractivity contribution in [1.82, 2.24) is 9.78 Å². The molecule has 0 radical (unpaired) electrons. The second-order valence-corrected chi connectivity index (χ2v) is 5.23. The Labute approximate surface area is 112 Å². The quantitative estimate of drug-likeness (QED) is 0.918. The Morgan fingerprint density at radius 2 is 1.89 bits per heavy atom. The molecule has 0 aliphatic rings. The molecule has 100 valence electrons. The van der Waals surface area contributed by atoms with Gasteiger partial charge in [-0.3, -0.25) is 4.79 Å². The summed E-state index contributed by atoms with van der Waals surface area (Å²) in [7, 11) is 0. The maximum absolute atomic E-state index is 11.9. The van der Waals surface area contributed by atoms with Crippen LogP contribution < -0.4 is 11.3 Å². The van der Waals surface area contributed by atoms with Gasteiger partial charge in [-0.15, -0.1) is 0 Å². The largest absolute Gasteiger partial charge is 0.394 e. The van der Waals surface area contributed by atoms with Gasteiger partial charge in [-0.1, -0.05) is 43.7 Å². The standard InChI is InChI=1S/C15H19N3O/c1-10(2)9-18-15(19)13(16)8-14(17-18)12-6-4-11(3)5-7-12/h4-8,10H,9,16H2,1-3H3. The van der Waals surface area contributed by atoms with E-state index in [-0.39, 0.29) is 11.2 Å². The highest BCUT2D eigenvalue weighted by Crippen LogP contribution is 2.18. The fraction of sp³-hybridized carbons (Fsp3) is 0.333. The van der Waals surface area contributed by atoms with E-state index in [1.165, 1.54) is 10.2 Å². The summed E-state index contributed by atoms with van der Waals surface area (Å²) in [5.74, 6) is 0.345. The van der Waals surface area contributed by atoms with Gasteiger partial charge in [0.15, 0.2) is 0 Å². The molecule has 0 atom stereocenters. The molecule has 0 bridgehead atoms. The molecule has 0 aliphatic heterocycles. The van der Waals surface area contributed by atoms with E-state index in [1.54, 1.807) is 6.07 Å². The van der Waals surface area contributed by atoms with Gasteiger partial charge in [0.05, 0.1) is 5.69 Å². The molecule has 0 unspecified atom stereocenters. The first kappa shape index (κ1) is 13.3. The zero-order chi connectivity index (χ0) is 14.0. The van der Waals surface area contributed by atoms with Crippen LogP contribution in [0.4, 0.5) is 5.69 Å². The van der Waals surface area contributed by atoms with Gasteiger partial charge in [0.25, 0.3) is 5.56 Å². The van der Waals surface area contributed by atoms with E-state index in [1.807, 2.05) is 45.0 Å². The topological polar surface area (TPSA) is 60.9 Å². The van der Waals surface area contributed by atoms with Gasteiger partial charge in [-0.25, -0.2) is 4.68 Å². The minimum atomic E-state index is -0.218. The summed E-state index contributed by atoms with van der Waals surface area (Å²) < 4.78 is 1.45. The molecule has 0 fully saturated rings. The lowest BCUT2D eigenvalue weighted by molar-refractivity contribution is 0.466. The lowest BCUT2D eigenvalue weighted by atomic mass is 10.1. The van der Waals surface area contributed by atoms with E-state index in [9.17, 15) is 4.79 Å². The highest BCUT2D eigenvalue weighted by atomic mass is 16.1. The van der Waals surface area contributed by atoms with Crippen LogP contribution in [-0.2, 0) is 6.54 Å². The van der Waals surface area contributed by atoms with E-state index < -0.39 is 0 Å². The molecule has 0 amide bonds. The van der Waals surface area contributed by atoms with Gasteiger partial charge in [-0.2, -0.15) is 5.10 Å². The average Bonchev–Trinajstić information content (AvgIpc) is 2.35. The van der Waals surface area contributed by atoms with Gasteiger partial charge < -0.3 is 5.73 Å². The molecule has 1 heterocycles. The highest BCUT2D eigenvalue weighted by Gasteiger charge is 2.08. The van der Waals surface area contributed by atoms with E-state index in [0.29, 0.717) is 12.5 Å². The Balaban J connectivity index is 2.50. The fourth-order valence-corrected chi connectivity index (χ4v) is 1.90. The molecule has 1 aromatic heterocycles. The average molecular weight is 257 g/mol. The van der Waals surface area contributed by atoms with E-state index >= 15 is 0 Å². The van der Waals surface area contributed by atoms with Gasteiger partial charge >= 0.3 is 0 Å². The van der Waals surface area contributed by atoms with Crippen LogP contribution in [0.3, 0.4) is 0 Å². The third-order valence-electron chi connectivity index (χ3n) is 2.89. The van der Waals surface area contributed by atoms with Crippen LogP contribution in [0.15, 0.2) is 35.1 Å². The van der Waals surface area contributed by atoms with Crippen LogP contribution in [0, 0.1) is 12.8 Å². The van der Waals surface area contributed by atoms with Crippen LogP contribution in [-0.4, -0.2) is 9.78 Å². The van der Waals surface area contributed by atoms with Crippen molar-refractivity contribution in [3.05, 3.63) is 46.2 Å². The lowest BCUT2D eigenvalue weighted by Gasteiger charge is -2.11. The normalized spacial score (nSPS) is 10.9. The lowest BCUT2D eigenvalue weighted by Crippen LogP contribution is -2.27. The molecule has 0 spiro atoms. The van der Waals surface area contributed by atoms with Crippen LogP contribution in [0.5, 0.6) is 0 Å². The summed E-state index contributed by atoms with van der Waals surface area (Å²) in [6, 6.07) is 9.66. The molecule has 2 rings (SSSR count). The second kappa shape index (κ2) is 5.26. The number of hydrogen-bond acceptors (Lipinski definition) is 3. The molecular formula is C15H19N3O. The number of nitrogens with two attached hydrogens (primary N) is 1. The Kier molecular flexibility index (Phi) is 3.69. The molecule has 0 aliphatic carbocycles. The third kappa shape index (κ3) is 3.02. The number of hydrogen-bond donors (Lipinski definition) is 1. The van der Waals surface area contributed by atoms with Crippen molar-refractivity contribution in [1.29, 1.82) is 0 Å². The number of nitrogen functional groups attached to an aromatic ring is 1. The van der Waals surface area contributed by atoms with Crippen molar-refractivity contribution < 1.29 is 0 Å². The molecule has 4 heteroatoms. The number of aryl methyl sites for hydroxylation is 1. The zero-order valence-corrected chi connectivity index (χ0v) is 11.6. The predicted molar refractivity (Wildman–Crippen MR) is 77.9 cm³/mol. The number of aromatic nitrogens is 2. The summed E-state index contributed by atoms with van der Waals surface area (Å²) in [5, 5.41) is 4.40. The van der Waals surface area contributed by atoms with Crippen molar-refractivity contribution in [3.8, 4) is 11.3 Å². The number of benzene rings is 1. The van der Waals surface area contributed by atoms with Crippen molar-refractivity contribution in [2.45, 2.75) is 27.3 Å². The minimum Gasteiger partial charge on any atom is -0.394 e. The van der Waals surface area contributed by atoms with Crippen LogP contribution in [0.1, 0.15) is 19.4 Å². The molecule has 0 saturated heterocycles. The van der Waals surface area contributed by atoms with Gasteiger partial charge in [0, 0.05) is 12.1 Å². The van der Waals surface area contributed by atoms with Crippen molar-refractivity contribution >= 4 is 5.69 Å². The van der Waals surface area contributed by atoms with E-state index in [4.69, 9.17) is 5.73 Å². The molecule has 1 aromatic carbocycles. The Morgan fingerprint density at radius 1 is 1.26 bits per heavy atom. The number of nitrogens with zero attached hydrogens (tertiary/aromatic N) is 2. The zero-order valence-electron chi connectivity index (χ0n) is 11.6.